The van der Waals surface area contributed by atoms with Crippen LogP contribution in [-0.4, -0.2) is 23.8 Å². The summed E-state index contributed by atoms with van der Waals surface area (Å²) < 4.78 is 0. The van der Waals surface area contributed by atoms with Gasteiger partial charge in [0.15, 0.2) is 0 Å². The van der Waals surface area contributed by atoms with E-state index in [4.69, 9.17) is 11.6 Å². The van der Waals surface area contributed by atoms with Gasteiger partial charge in [0, 0.05) is 5.56 Å². The van der Waals surface area contributed by atoms with E-state index in [1.165, 1.54) is 0 Å². The normalized spacial score (nSPS) is 17.2. The summed E-state index contributed by atoms with van der Waals surface area (Å²) in [6.07, 6.45) is -0.0564. The lowest BCUT2D eigenvalue weighted by atomic mass is 10.2. The Morgan fingerprint density at radius 3 is 2.42 bits per heavy atom. The Bertz CT molecular complexity index is 795. The fourth-order valence-electron chi connectivity index (χ4n) is 2.45. The van der Waals surface area contributed by atoms with Crippen LogP contribution in [-0.2, 0) is 9.59 Å². The molecule has 6 nitrogen and oxygen atoms in total. The highest BCUT2D eigenvalue weighted by molar-refractivity contribution is 6.36. The third-order valence-electron chi connectivity index (χ3n) is 3.64. The van der Waals surface area contributed by atoms with E-state index >= 15 is 0 Å². The van der Waals surface area contributed by atoms with Crippen LogP contribution in [0.1, 0.15) is 16.8 Å². The summed E-state index contributed by atoms with van der Waals surface area (Å²) >= 11 is 6.05. The van der Waals surface area contributed by atoms with Crippen LogP contribution in [0.4, 0.5) is 5.69 Å². The number of halogens is 1. The van der Waals surface area contributed by atoms with Gasteiger partial charge in [-0.05, 0) is 24.3 Å². The molecule has 1 fully saturated rings. The Morgan fingerprint density at radius 1 is 1.04 bits per heavy atom. The molecule has 2 aromatic carbocycles. The average Bonchev–Trinajstić information content (AvgIpc) is 2.88. The van der Waals surface area contributed by atoms with Crippen molar-refractivity contribution < 1.29 is 14.4 Å². The summed E-state index contributed by atoms with van der Waals surface area (Å²) in [5.41, 5.74) is 5.87. The number of carbonyl (C=O) groups is 3. The van der Waals surface area contributed by atoms with Crippen molar-refractivity contribution in [2.75, 3.05) is 4.90 Å². The summed E-state index contributed by atoms with van der Waals surface area (Å²) in [6.45, 7) is 0. The van der Waals surface area contributed by atoms with Crippen LogP contribution >= 0.6 is 11.6 Å². The van der Waals surface area contributed by atoms with Gasteiger partial charge in [0.05, 0.1) is 17.1 Å². The first-order chi connectivity index (χ1) is 11.6. The van der Waals surface area contributed by atoms with Crippen LogP contribution in [0.2, 0.25) is 5.02 Å². The molecule has 0 aliphatic carbocycles. The largest absolute Gasteiger partial charge is 0.287 e. The van der Waals surface area contributed by atoms with Crippen LogP contribution in [0.15, 0.2) is 54.6 Å². The number of carbonyl (C=O) groups excluding carboxylic acids is 3. The summed E-state index contributed by atoms with van der Waals surface area (Å²) in [7, 11) is 0. The average molecular weight is 344 g/mol. The second-order valence-electron chi connectivity index (χ2n) is 5.24. The van der Waals surface area contributed by atoms with Crippen molar-refractivity contribution in [2.45, 2.75) is 12.5 Å². The van der Waals surface area contributed by atoms with Gasteiger partial charge in [0.2, 0.25) is 5.91 Å². The van der Waals surface area contributed by atoms with Crippen LogP contribution in [0.5, 0.6) is 0 Å². The van der Waals surface area contributed by atoms with Crippen molar-refractivity contribution in [1.29, 1.82) is 0 Å². The minimum Gasteiger partial charge on any atom is -0.287 e. The van der Waals surface area contributed by atoms with Gasteiger partial charge in [-0.3, -0.25) is 19.8 Å². The Morgan fingerprint density at radius 2 is 1.71 bits per heavy atom. The van der Waals surface area contributed by atoms with Gasteiger partial charge < -0.3 is 0 Å². The van der Waals surface area contributed by atoms with Gasteiger partial charge in [0.25, 0.3) is 11.8 Å². The van der Waals surface area contributed by atoms with Gasteiger partial charge in [-0.1, -0.05) is 41.9 Å². The number of rotatable bonds is 4. The molecule has 7 heteroatoms. The predicted molar refractivity (Wildman–Crippen MR) is 89.4 cm³/mol. The summed E-state index contributed by atoms with van der Waals surface area (Å²) in [4.78, 5) is 37.6. The number of benzene rings is 2. The number of imide groups is 1. The molecule has 0 saturated carbocycles. The Hall–Kier alpha value is -2.70. The SMILES string of the molecule is O=C(NN[C@@H]1CC(=O)N(c2ccccc2Cl)C1=O)c1ccccc1. The van der Waals surface area contributed by atoms with Gasteiger partial charge in [0.1, 0.15) is 6.04 Å². The van der Waals surface area contributed by atoms with E-state index in [9.17, 15) is 14.4 Å². The van der Waals surface area contributed by atoms with E-state index in [1.54, 1.807) is 54.6 Å². The second kappa shape index (κ2) is 6.82. The Labute approximate surface area is 143 Å². The number of anilines is 1. The van der Waals surface area contributed by atoms with Crippen molar-refractivity contribution in [3.05, 3.63) is 65.2 Å². The molecule has 2 aromatic rings. The number of para-hydroxylation sites is 1. The predicted octanol–water partition coefficient (Wildman–Crippen LogP) is 1.91. The zero-order valence-corrected chi connectivity index (χ0v) is 13.3. The monoisotopic (exact) mass is 343 g/mol. The van der Waals surface area contributed by atoms with Gasteiger partial charge in [-0.25, -0.2) is 10.3 Å². The quantitative estimate of drug-likeness (QED) is 0.656. The molecule has 1 aliphatic rings. The molecule has 0 bridgehead atoms. The molecule has 1 heterocycles. The molecule has 1 atom stereocenters. The molecule has 0 aromatic heterocycles. The van der Waals surface area contributed by atoms with E-state index in [-0.39, 0.29) is 18.2 Å². The third-order valence-corrected chi connectivity index (χ3v) is 3.96. The lowest BCUT2D eigenvalue weighted by Gasteiger charge is -2.17. The van der Waals surface area contributed by atoms with Crippen molar-refractivity contribution in [2.24, 2.45) is 0 Å². The maximum absolute atomic E-state index is 12.5. The first kappa shape index (κ1) is 16.2. The second-order valence-corrected chi connectivity index (χ2v) is 5.65. The van der Waals surface area contributed by atoms with E-state index < -0.39 is 11.9 Å². The Balaban J connectivity index is 1.69. The summed E-state index contributed by atoms with van der Waals surface area (Å²) in [5, 5.41) is 0.313. The highest BCUT2D eigenvalue weighted by atomic mass is 35.5. The van der Waals surface area contributed by atoms with Gasteiger partial charge >= 0.3 is 0 Å². The van der Waals surface area contributed by atoms with Crippen molar-refractivity contribution in [3.8, 4) is 0 Å². The molecule has 24 heavy (non-hydrogen) atoms. The lowest BCUT2D eigenvalue weighted by Crippen LogP contribution is -2.48. The molecule has 0 radical (unpaired) electrons. The minimum atomic E-state index is -0.832. The molecule has 1 saturated heterocycles. The highest BCUT2D eigenvalue weighted by Gasteiger charge is 2.40. The third kappa shape index (κ3) is 3.15. The maximum Gasteiger partial charge on any atom is 0.265 e. The zero-order valence-electron chi connectivity index (χ0n) is 12.5. The smallest absolute Gasteiger partial charge is 0.265 e. The van der Waals surface area contributed by atoms with Crippen LogP contribution < -0.4 is 15.8 Å². The van der Waals surface area contributed by atoms with E-state index in [1.807, 2.05) is 0 Å². The van der Waals surface area contributed by atoms with Gasteiger partial charge in [-0.2, -0.15) is 0 Å². The minimum absolute atomic E-state index is 0.0564. The number of hydrazine groups is 1. The molecule has 2 N–H and O–H groups in total. The molecular weight excluding hydrogens is 330 g/mol. The number of nitrogens with zero attached hydrogens (tertiary/aromatic N) is 1. The van der Waals surface area contributed by atoms with Crippen molar-refractivity contribution in [1.82, 2.24) is 10.9 Å². The molecule has 122 valence electrons. The molecule has 1 aliphatic heterocycles. The van der Waals surface area contributed by atoms with Crippen LogP contribution in [0, 0.1) is 0 Å². The molecule has 0 spiro atoms. The summed E-state index contributed by atoms with van der Waals surface area (Å²) in [6, 6.07) is 14.3. The zero-order chi connectivity index (χ0) is 17.1. The number of hydrogen-bond donors (Lipinski definition) is 2. The van der Waals surface area contributed by atoms with Crippen molar-refractivity contribution >= 4 is 35.0 Å². The van der Waals surface area contributed by atoms with E-state index in [0.717, 1.165) is 4.90 Å². The van der Waals surface area contributed by atoms with E-state index in [0.29, 0.717) is 16.3 Å². The van der Waals surface area contributed by atoms with Gasteiger partial charge in [-0.15, -0.1) is 0 Å². The van der Waals surface area contributed by atoms with Crippen LogP contribution in [0.25, 0.3) is 0 Å². The first-order valence-corrected chi connectivity index (χ1v) is 7.68. The summed E-state index contributed by atoms with van der Waals surface area (Å²) in [5.74, 6) is -1.21. The lowest BCUT2D eigenvalue weighted by molar-refractivity contribution is -0.121. The molecule has 3 amide bonds. The fraction of sp³-hybridized carbons (Fsp3) is 0.118. The molecular formula is C17H14ClN3O3. The molecule has 3 rings (SSSR count). The topological polar surface area (TPSA) is 78.5 Å². The maximum atomic E-state index is 12.5. The highest BCUT2D eigenvalue weighted by Crippen LogP contribution is 2.29. The first-order valence-electron chi connectivity index (χ1n) is 7.30. The molecule has 0 unspecified atom stereocenters. The van der Waals surface area contributed by atoms with E-state index in [2.05, 4.69) is 10.9 Å². The fourth-order valence-corrected chi connectivity index (χ4v) is 2.67. The standard InChI is InChI=1S/C17H14ClN3O3/c18-12-8-4-5-9-14(12)21-15(22)10-13(17(21)24)19-20-16(23)11-6-2-1-3-7-11/h1-9,13,19H,10H2,(H,20,23)/t13-/m1/s1. The van der Waals surface area contributed by atoms with Crippen molar-refractivity contribution in [3.63, 3.8) is 0 Å². The van der Waals surface area contributed by atoms with Crippen LogP contribution in [0.3, 0.4) is 0 Å². The number of hydrogen-bond acceptors (Lipinski definition) is 4. The Kier molecular flexibility index (Phi) is 4.59. The number of nitrogens with one attached hydrogen (secondary N) is 2. The number of amides is 3.